The lowest BCUT2D eigenvalue weighted by Gasteiger charge is -2.15. The SMILES string of the molecule is CCOc1cnc(C(N)=O)cc1-c1ccccc1CCC1COC(N)=N1. The molecule has 1 aromatic carbocycles. The summed E-state index contributed by atoms with van der Waals surface area (Å²) in [5.74, 6) is 0.0520. The molecule has 0 spiro atoms. The van der Waals surface area contributed by atoms with E-state index < -0.39 is 5.91 Å². The molecule has 1 aliphatic heterocycles. The van der Waals surface area contributed by atoms with Crippen LogP contribution in [0.3, 0.4) is 0 Å². The largest absolute Gasteiger partial charge is 0.492 e. The molecule has 7 nitrogen and oxygen atoms in total. The van der Waals surface area contributed by atoms with E-state index in [1.807, 2.05) is 25.1 Å². The molecule has 7 heteroatoms. The van der Waals surface area contributed by atoms with Crippen molar-refractivity contribution in [3.8, 4) is 16.9 Å². The fourth-order valence-electron chi connectivity index (χ4n) is 2.97. The van der Waals surface area contributed by atoms with Gasteiger partial charge in [-0.2, -0.15) is 0 Å². The Balaban J connectivity index is 1.93. The van der Waals surface area contributed by atoms with Crippen LogP contribution in [0.4, 0.5) is 0 Å². The number of carbonyl (C=O) groups excluding carboxylic acids is 1. The number of nitrogens with zero attached hydrogens (tertiary/aromatic N) is 2. The first-order chi connectivity index (χ1) is 12.6. The summed E-state index contributed by atoms with van der Waals surface area (Å²) in [7, 11) is 0. The molecule has 1 aromatic heterocycles. The van der Waals surface area contributed by atoms with Gasteiger partial charge in [-0.15, -0.1) is 0 Å². The molecule has 2 aromatic rings. The lowest BCUT2D eigenvalue weighted by molar-refractivity contribution is 0.0995. The van der Waals surface area contributed by atoms with Gasteiger partial charge in [0.15, 0.2) is 0 Å². The normalized spacial score (nSPS) is 16.0. The molecule has 0 radical (unpaired) electrons. The van der Waals surface area contributed by atoms with E-state index in [-0.39, 0.29) is 17.8 Å². The summed E-state index contributed by atoms with van der Waals surface area (Å²) in [5, 5.41) is 0. The standard InChI is InChI=1S/C19H22N4O3/c1-2-25-17-10-22-16(18(20)24)9-15(17)14-6-4-3-5-12(14)7-8-13-11-26-19(21)23-13/h3-6,9-10,13H,2,7-8,11H2,1H3,(H2,20,24)(H2,21,23). The zero-order chi connectivity index (χ0) is 18.5. The van der Waals surface area contributed by atoms with Crippen LogP contribution in [0.15, 0.2) is 41.5 Å². The van der Waals surface area contributed by atoms with E-state index in [0.717, 1.165) is 29.5 Å². The van der Waals surface area contributed by atoms with E-state index >= 15 is 0 Å². The van der Waals surface area contributed by atoms with Crippen molar-refractivity contribution in [2.24, 2.45) is 16.5 Å². The predicted molar refractivity (Wildman–Crippen MR) is 99.0 cm³/mol. The Bertz CT molecular complexity index is 835. The van der Waals surface area contributed by atoms with Crippen LogP contribution >= 0.6 is 0 Å². The smallest absolute Gasteiger partial charge is 0.282 e. The number of amides is 1. The van der Waals surface area contributed by atoms with Crippen LogP contribution in [0.1, 0.15) is 29.4 Å². The van der Waals surface area contributed by atoms with Crippen LogP contribution in [-0.4, -0.2) is 36.2 Å². The van der Waals surface area contributed by atoms with E-state index in [4.69, 9.17) is 20.9 Å². The van der Waals surface area contributed by atoms with Gasteiger partial charge in [-0.05, 0) is 37.0 Å². The average Bonchev–Trinajstić information content (AvgIpc) is 3.06. The van der Waals surface area contributed by atoms with Gasteiger partial charge in [0, 0.05) is 5.56 Å². The Hall–Kier alpha value is -3.09. The molecular weight excluding hydrogens is 332 g/mol. The third kappa shape index (κ3) is 3.93. The lowest BCUT2D eigenvalue weighted by Crippen LogP contribution is -2.13. The molecule has 0 bridgehead atoms. The molecule has 1 atom stereocenters. The first-order valence-corrected chi connectivity index (χ1v) is 8.55. The molecule has 0 saturated carbocycles. The Morgan fingerprint density at radius 3 is 2.85 bits per heavy atom. The highest BCUT2D eigenvalue weighted by molar-refractivity contribution is 5.93. The van der Waals surface area contributed by atoms with E-state index in [1.165, 1.54) is 0 Å². The van der Waals surface area contributed by atoms with Crippen molar-refractivity contribution in [2.75, 3.05) is 13.2 Å². The van der Waals surface area contributed by atoms with Gasteiger partial charge in [0.05, 0.1) is 18.8 Å². The highest BCUT2D eigenvalue weighted by Gasteiger charge is 2.18. The Morgan fingerprint density at radius 1 is 1.35 bits per heavy atom. The minimum absolute atomic E-state index is 0.0630. The predicted octanol–water partition coefficient (Wildman–Crippen LogP) is 1.89. The minimum Gasteiger partial charge on any atom is -0.492 e. The number of pyridine rings is 1. The maximum atomic E-state index is 11.5. The number of hydrogen-bond acceptors (Lipinski definition) is 6. The van der Waals surface area contributed by atoms with Gasteiger partial charge in [-0.1, -0.05) is 24.3 Å². The Morgan fingerprint density at radius 2 is 2.15 bits per heavy atom. The number of hydrogen-bond donors (Lipinski definition) is 2. The topological polar surface area (TPSA) is 113 Å². The fourth-order valence-corrected chi connectivity index (χ4v) is 2.97. The number of primary amides is 1. The maximum Gasteiger partial charge on any atom is 0.282 e. The monoisotopic (exact) mass is 354 g/mol. The van der Waals surface area contributed by atoms with E-state index in [1.54, 1.807) is 12.3 Å². The van der Waals surface area contributed by atoms with Crippen molar-refractivity contribution in [3.05, 3.63) is 47.8 Å². The first kappa shape index (κ1) is 17.7. The fraction of sp³-hybridized carbons (Fsp3) is 0.316. The number of amidine groups is 1. The molecule has 2 heterocycles. The molecule has 0 aliphatic carbocycles. The van der Waals surface area contributed by atoms with Crippen LogP contribution < -0.4 is 16.2 Å². The van der Waals surface area contributed by atoms with Crippen LogP contribution in [0.25, 0.3) is 11.1 Å². The summed E-state index contributed by atoms with van der Waals surface area (Å²) in [6.07, 6.45) is 3.15. The number of nitrogens with two attached hydrogens (primary N) is 2. The summed E-state index contributed by atoms with van der Waals surface area (Å²) in [4.78, 5) is 19.9. The van der Waals surface area contributed by atoms with Crippen LogP contribution in [0.5, 0.6) is 5.75 Å². The number of aliphatic imine (C=N–C) groups is 1. The zero-order valence-electron chi connectivity index (χ0n) is 14.6. The molecule has 0 fully saturated rings. The summed E-state index contributed by atoms with van der Waals surface area (Å²) in [5.41, 5.74) is 14.1. The number of rotatable bonds is 7. The Kier molecular flexibility index (Phi) is 5.36. The third-order valence-corrected chi connectivity index (χ3v) is 4.21. The van der Waals surface area contributed by atoms with E-state index in [9.17, 15) is 4.79 Å². The molecule has 3 rings (SSSR count). The van der Waals surface area contributed by atoms with Crippen molar-refractivity contribution in [3.63, 3.8) is 0 Å². The second-order valence-corrected chi connectivity index (χ2v) is 5.99. The van der Waals surface area contributed by atoms with Crippen LogP contribution in [0, 0.1) is 0 Å². The summed E-state index contributed by atoms with van der Waals surface area (Å²) < 4.78 is 10.9. The van der Waals surface area contributed by atoms with Gasteiger partial charge in [0.2, 0.25) is 0 Å². The van der Waals surface area contributed by atoms with Gasteiger partial charge >= 0.3 is 0 Å². The third-order valence-electron chi connectivity index (χ3n) is 4.21. The first-order valence-electron chi connectivity index (χ1n) is 8.55. The minimum atomic E-state index is -0.570. The van der Waals surface area contributed by atoms with Crippen molar-refractivity contribution in [2.45, 2.75) is 25.8 Å². The quantitative estimate of drug-likeness (QED) is 0.788. The molecule has 26 heavy (non-hydrogen) atoms. The number of aryl methyl sites for hydroxylation is 1. The van der Waals surface area contributed by atoms with Gasteiger partial charge in [-0.25, -0.2) is 9.98 Å². The van der Waals surface area contributed by atoms with Gasteiger partial charge in [0.25, 0.3) is 11.9 Å². The highest BCUT2D eigenvalue weighted by atomic mass is 16.5. The zero-order valence-corrected chi connectivity index (χ0v) is 14.6. The summed E-state index contributed by atoms with van der Waals surface area (Å²) in [6.45, 7) is 2.92. The second-order valence-electron chi connectivity index (χ2n) is 5.99. The maximum absolute atomic E-state index is 11.5. The summed E-state index contributed by atoms with van der Waals surface area (Å²) in [6, 6.07) is 9.99. The highest BCUT2D eigenvalue weighted by Crippen LogP contribution is 2.33. The lowest BCUT2D eigenvalue weighted by atomic mass is 9.95. The number of benzene rings is 1. The molecule has 0 saturated heterocycles. The summed E-state index contributed by atoms with van der Waals surface area (Å²) >= 11 is 0. The Labute approximate surface area is 152 Å². The van der Waals surface area contributed by atoms with Gasteiger partial charge < -0.3 is 20.9 Å². The average molecular weight is 354 g/mol. The van der Waals surface area contributed by atoms with E-state index in [0.29, 0.717) is 19.0 Å². The number of aromatic nitrogens is 1. The molecule has 136 valence electrons. The number of ether oxygens (including phenoxy) is 2. The van der Waals surface area contributed by atoms with Crippen LogP contribution in [-0.2, 0) is 11.2 Å². The van der Waals surface area contributed by atoms with Crippen molar-refractivity contribution < 1.29 is 14.3 Å². The second kappa shape index (κ2) is 7.86. The molecule has 4 N–H and O–H groups in total. The van der Waals surface area contributed by atoms with Gasteiger partial charge in [-0.3, -0.25) is 4.79 Å². The van der Waals surface area contributed by atoms with E-state index in [2.05, 4.69) is 16.0 Å². The molecule has 1 unspecified atom stereocenters. The molecular formula is C19H22N4O3. The van der Waals surface area contributed by atoms with Crippen molar-refractivity contribution in [1.29, 1.82) is 0 Å². The van der Waals surface area contributed by atoms with Gasteiger partial charge in [0.1, 0.15) is 18.1 Å². The van der Waals surface area contributed by atoms with Crippen LogP contribution in [0.2, 0.25) is 0 Å². The van der Waals surface area contributed by atoms with Crippen molar-refractivity contribution >= 4 is 11.9 Å². The van der Waals surface area contributed by atoms with Crippen molar-refractivity contribution in [1.82, 2.24) is 4.98 Å². The number of carbonyl (C=O) groups is 1. The molecule has 1 amide bonds. The molecule has 1 aliphatic rings.